The predicted octanol–water partition coefficient (Wildman–Crippen LogP) is 1.69. The van der Waals surface area contributed by atoms with Crippen molar-refractivity contribution in [3.8, 4) is 5.88 Å². The van der Waals surface area contributed by atoms with E-state index in [1.807, 2.05) is 0 Å². The van der Waals surface area contributed by atoms with Crippen LogP contribution < -0.4 is 15.8 Å². The van der Waals surface area contributed by atoms with Crippen molar-refractivity contribution in [2.75, 3.05) is 29.2 Å². The van der Waals surface area contributed by atoms with Crippen LogP contribution in [0.3, 0.4) is 0 Å². The Hall–Kier alpha value is -1.50. The summed E-state index contributed by atoms with van der Waals surface area (Å²) in [6, 6.07) is 3.67. The number of nitrogens with zero attached hydrogens (tertiary/aromatic N) is 1. The zero-order chi connectivity index (χ0) is 15.5. The predicted molar refractivity (Wildman–Crippen MR) is 84.3 cm³/mol. The van der Waals surface area contributed by atoms with Gasteiger partial charge in [-0.15, -0.1) is 0 Å². The highest BCUT2D eigenvalue weighted by molar-refractivity contribution is 7.91. The van der Waals surface area contributed by atoms with Crippen molar-refractivity contribution in [1.82, 2.24) is 4.98 Å². The van der Waals surface area contributed by atoms with Crippen LogP contribution >= 0.6 is 0 Å². The van der Waals surface area contributed by atoms with Crippen molar-refractivity contribution in [3.63, 3.8) is 0 Å². The van der Waals surface area contributed by atoms with E-state index in [0.717, 1.165) is 0 Å². The smallest absolute Gasteiger partial charge is 0.239 e. The lowest BCUT2D eigenvalue weighted by atomic mass is 10.1. The summed E-state index contributed by atoms with van der Waals surface area (Å²) in [6.45, 7) is 4.67. The fourth-order valence-corrected chi connectivity index (χ4v) is 3.63. The van der Waals surface area contributed by atoms with Crippen molar-refractivity contribution in [3.05, 3.63) is 12.1 Å². The molecular weight excluding hydrogens is 290 g/mol. The Morgan fingerprint density at radius 3 is 2.67 bits per heavy atom. The highest BCUT2D eigenvalue weighted by atomic mass is 32.2. The molecule has 0 atom stereocenters. The van der Waals surface area contributed by atoms with Gasteiger partial charge in [-0.1, -0.05) is 13.8 Å². The first kappa shape index (κ1) is 15.9. The van der Waals surface area contributed by atoms with Crippen LogP contribution in [0.15, 0.2) is 12.1 Å². The average Bonchev–Trinajstić information content (AvgIpc) is 2.41. The van der Waals surface area contributed by atoms with Crippen LogP contribution in [0.1, 0.15) is 26.7 Å². The number of hydrogen-bond acceptors (Lipinski definition) is 6. The zero-order valence-corrected chi connectivity index (χ0v) is 13.3. The van der Waals surface area contributed by atoms with Gasteiger partial charge in [0.05, 0.1) is 23.8 Å². The number of nitrogens with one attached hydrogen (secondary N) is 1. The number of rotatable bonds is 5. The van der Waals surface area contributed by atoms with Crippen LogP contribution in [-0.4, -0.2) is 37.6 Å². The minimum Gasteiger partial charge on any atom is -0.476 e. The number of pyridine rings is 1. The lowest BCUT2D eigenvalue weighted by Crippen LogP contribution is -2.32. The number of sulfone groups is 1. The van der Waals surface area contributed by atoms with Crippen LogP contribution in [0.2, 0.25) is 0 Å². The van der Waals surface area contributed by atoms with Gasteiger partial charge in [-0.3, -0.25) is 0 Å². The number of aromatic nitrogens is 1. The van der Waals surface area contributed by atoms with Crippen LogP contribution in [0.25, 0.3) is 0 Å². The highest BCUT2D eigenvalue weighted by Gasteiger charge is 2.23. The second-order valence-corrected chi connectivity index (χ2v) is 8.17. The highest BCUT2D eigenvalue weighted by Crippen LogP contribution is 2.23. The molecule has 0 unspecified atom stereocenters. The number of hydrogen-bond donors (Lipinski definition) is 2. The second kappa shape index (κ2) is 6.51. The summed E-state index contributed by atoms with van der Waals surface area (Å²) >= 11 is 0. The molecule has 1 aliphatic heterocycles. The molecule has 118 valence electrons. The molecule has 7 heteroatoms. The molecule has 0 spiro atoms. The average molecular weight is 313 g/mol. The summed E-state index contributed by atoms with van der Waals surface area (Å²) in [4.78, 5) is 4.37. The van der Waals surface area contributed by atoms with Gasteiger partial charge < -0.3 is 15.8 Å². The van der Waals surface area contributed by atoms with E-state index in [2.05, 4.69) is 24.1 Å². The van der Waals surface area contributed by atoms with Crippen LogP contribution in [0, 0.1) is 5.92 Å². The fourth-order valence-electron chi connectivity index (χ4n) is 2.14. The van der Waals surface area contributed by atoms with Crippen molar-refractivity contribution in [2.24, 2.45) is 5.92 Å². The Labute approximate surface area is 126 Å². The third kappa shape index (κ3) is 4.77. The van der Waals surface area contributed by atoms with Gasteiger partial charge in [-0.2, -0.15) is 4.98 Å². The first-order valence-corrected chi connectivity index (χ1v) is 9.04. The monoisotopic (exact) mass is 313 g/mol. The van der Waals surface area contributed by atoms with E-state index in [0.29, 0.717) is 42.8 Å². The maximum atomic E-state index is 11.4. The number of ether oxygens (including phenoxy) is 1. The molecule has 21 heavy (non-hydrogen) atoms. The third-order valence-corrected chi connectivity index (χ3v) is 5.07. The number of nitrogens with two attached hydrogens (primary N) is 1. The quantitative estimate of drug-likeness (QED) is 0.859. The van der Waals surface area contributed by atoms with Crippen molar-refractivity contribution in [2.45, 2.75) is 32.7 Å². The number of nitrogen functional groups attached to an aromatic ring is 1. The van der Waals surface area contributed by atoms with Gasteiger partial charge in [-0.05, 0) is 30.9 Å². The van der Waals surface area contributed by atoms with E-state index < -0.39 is 9.84 Å². The second-order valence-electron chi connectivity index (χ2n) is 5.87. The maximum absolute atomic E-state index is 11.4. The third-order valence-electron chi connectivity index (χ3n) is 3.35. The molecule has 0 bridgehead atoms. The summed E-state index contributed by atoms with van der Waals surface area (Å²) in [5, 5.41) is 3.26. The van der Waals surface area contributed by atoms with Crippen LogP contribution in [0.5, 0.6) is 5.88 Å². The van der Waals surface area contributed by atoms with Crippen molar-refractivity contribution >= 4 is 21.3 Å². The SMILES string of the molecule is CC(C)COc1nc(NC2CCS(=O)(=O)CC2)ccc1N. The fraction of sp³-hybridized carbons (Fsp3) is 0.643. The maximum Gasteiger partial charge on any atom is 0.239 e. The Morgan fingerprint density at radius 2 is 2.05 bits per heavy atom. The van der Waals surface area contributed by atoms with Gasteiger partial charge >= 0.3 is 0 Å². The van der Waals surface area contributed by atoms with E-state index in [9.17, 15) is 8.42 Å². The Morgan fingerprint density at radius 1 is 1.38 bits per heavy atom. The Bertz CT molecular complexity index is 573. The normalized spacial score (nSPS) is 18.6. The molecule has 1 aromatic heterocycles. The molecule has 2 heterocycles. The number of anilines is 2. The molecule has 0 radical (unpaired) electrons. The molecule has 6 nitrogen and oxygen atoms in total. The molecule has 0 aliphatic carbocycles. The first-order valence-electron chi connectivity index (χ1n) is 7.22. The lowest BCUT2D eigenvalue weighted by Gasteiger charge is -2.23. The summed E-state index contributed by atoms with van der Waals surface area (Å²) < 4.78 is 28.4. The summed E-state index contributed by atoms with van der Waals surface area (Å²) in [7, 11) is -2.85. The molecule has 3 N–H and O–H groups in total. The molecule has 1 aromatic rings. The Kier molecular flexibility index (Phi) is 4.92. The molecule has 1 saturated heterocycles. The summed E-state index contributed by atoms with van der Waals surface area (Å²) in [5.41, 5.74) is 6.36. The van der Waals surface area contributed by atoms with Gasteiger partial charge in [0.15, 0.2) is 0 Å². The van der Waals surface area contributed by atoms with Gasteiger partial charge in [0.2, 0.25) is 5.88 Å². The first-order chi connectivity index (χ1) is 9.85. The lowest BCUT2D eigenvalue weighted by molar-refractivity contribution is 0.263. The Balaban J connectivity index is 1.99. The van der Waals surface area contributed by atoms with E-state index in [1.165, 1.54) is 0 Å². The van der Waals surface area contributed by atoms with E-state index >= 15 is 0 Å². The largest absolute Gasteiger partial charge is 0.476 e. The zero-order valence-electron chi connectivity index (χ0n) is 12.5. The minimum atomic E-state index is -2.85. The van der Waals surface area contributed by atoms with Gasteiger partial charge in [0.25, 0.3) is 0 Å². The molecular formula is C14H23N3O3S. The van der Waals surface area contributed by atoms with E-state index in [-0.39, 0.29) is 17.5 Å². The topological polar surface area (TPSA) is 94.3 Å². The molecule has 1 fully saturated rings. The molecule has 0 amide bonds. The minimum absolute atomic E-state index is 0.127. The van der Waals surface area contributed by atoms with Gasteiger partial charge in [0.1, 0.15) is 15.7 Å². The van der Waals surface area contributed by atoms with Gasteiger partial charge in [0, 0.05) is 6.04 Å². The van der Waals surface area contributed by atoms with Crippen molar-refractivity contribution in [1.29, 1.82) is 0 Å². The van der Waals surface area contributed by atoms with E-state index in [4.69, 9.17) is 10.5 Å². The summed E-state index contributed by atoms with van der Waals surface area (Å²) in [5.74, 6) is 1.96. The molecule has 2 rings (SSSR count). The van der Waals surface area contributed by atoms with Gasteiger partial charge in [-0.25, -0.2) is 8.42 Å². The molecule has 0 aromatic carbocycles. The molecule has 1 aliphatic rings. The van der Waals surface area contributed by atoms with Crippen LogP contribution in [-0.2, 0) is 9.84 Å². The molecule has 0 saturated carbocycles. The van der Waals surface area contributed by atoms with Crippen LogP contribution in [0.4, 0.5) is 11.5 Å². The summed E-state index contributed by atoms with van der Waals surface area (Å²) in [6.07, 6.45) is 1.22. The van der Waals surface area contributed by atoms with Crippen molar-refractivity contribution < 1.29 is 13.2 Å². The standard InChI is InChI=1S/C14H23N3O3S/c1-10(2)9-20-14-12(15)3-4-13(17-14)16-11-5-7-21(18,19)8-6-11/h3-4,10-11H,5-9,15H2,1-2H3,(H,16,17). The van der Waals surface area contributed by atoms with E-state index in [1.54, 1.807) is 12.1 Å².